The van der Waals surface area contributed by atoms with Gasteiger partial charge in [0.15, 0.2) is 0 Å². The van der Waals surface area contributed by atoms with Crippen molar-refractivity contribution in [3.05, 3.63) is 30.1 Å². The number of nitrogens with zero attached hydrogens (tertiary/aromatic N) is 1. The van der Waals surface area contributed by atoms with Crippen LogP contribution >= 0.6 is 0 Å². The topological polar surface area (TPSA) is 60.9 Å². The third-order valence-electron chi connectivity index (χ3n) is 3.34. The van der Waals surface area contributed by atoms with E-state index in [1.54, 1.807) is 6.33 Å². The van der Waals surface area contributed by atoms with Gasteiger partial charge in [0.1, 0.15) is 0 Å². The normalized spacial score (nSPS) is 13.0. The van der Waals surface area contributed by atoms with Crippen LogP contribution in [0.5, 0.6) is 0 Å². The zero-order chi connectivity index (χ0) is 12.8. The van der Waals surface area contributed by atoms with E-state index >= 15 is 0 Å². The van der Waals surface area contributed by atoms with Crippen LogP contribution in [0, 0.1) is 5.92 Å². The van der Waals surface area contributed by atoms with Crippen molar-refractivity contribution in [3.8, 4) is 0 Å². The third kappa shape index (κ3) is 3.31. The van der Waals surface area contributed by atoms with Crippen LogP contribution in [0.15, 0.2) is 24.5 Å². The molecule has 1 aromatic heterocycles. The number of aliphatic hydroxyl groups is 1. The van der Waals surface area contributed by atoms with Crippen molar-refractivity contribution in [2.75, 3.05) is 19.7 Å². The lowest BCUT2D eigenvalue weighted by Gasteiger charge is -2.12. The maximum atomic E-state index is 9.09. The second-order valence-electron chi connectivity index (χ2n) is 4.67. The van der Waals surface area contributed by atoms with Gasteiger partial charge in [0.25, 0.3) is 0 Å². The lowest BCUT2D eigenvalue weighted by Crippen LogP contribution is -2.26. The first-order chi connectivity index (χ1) is 8.83. The quantitative estimate of drug-likeness (QED) is 0.653. The molecule has 1 unspecified atom stereocenters. The van der Waals surface area contributed by atoms with Crippen molar-refractivity contribution in [1.82, 2.24) is 15.3 Å². The van der Waals surface area contributed by atoms with Crippen molar-refractivity contribution in [2.45, 2.75) is 19.8 Å². The van der Waals surface area contributed by atoms with Gasteiger partial charge in [-0.05, 0) is 43.0 Å². The highest BCUT2D eigenvalue weighted by Gasteiger charge is 2.03. The number of H-pyrrole nitrogens is 1. The molecule has 18 heavy (non-hydrogen) atoms. The Morgan fingerprint density at radius 3 is 3.11 bits per heavy atom. The number of hydrogen-bond donors (Lipinski definition) is 3. The van der Waals surface area contributed by atoms with E-state index in [0.717, 1.165) is 37.0 Å². The molecule has 0 aliphatic heterocycles. The van der Waals surface area contributed by atoms with Gasteiger partial charge in [-0.3, -0.25) is 0 Å². The Hall–Kier alpha value is -1.39. The fourth-order valence-corrected chi connectivity index (χ4v) is 2.02. The SMILES string of the molecule is CCC(CO)CNCCc1ccc2nc[nH]c2c1. The van der Waals surface area contributed by atoms with Gasteiger partial charge < -0.3 is 15.4 Å². The summed E-state index contributed by atoms with van der Waals surface area (Å²) in [5, 5.41) is 12.5. The molecular formula is C14H21N3O. The molecule has 2 rings (SSSR count). The average Bonchev–Trinajstić information content (AvgIpc) is 2.86. The predicted molar refractivity (Wildman–Crippen MR) is 73.5 cm³/mol. The first-order valence-electron chi connectivity index (χ1n) is 6.57. The molecule has 0 spiro atoms. The van der Waals surface area contributed by atoms with Crippen LogP contribution in [0.1, 0.15) is 18.9 Å². The van der Waals surface area contributed by atoms with Crippen LogP contribution < -0.4 is 5.32 Å². The number of hydrogen-bond acceptors (Lipinski definition) is 3. The Bertz CT molecular complexity index is 477. The molecule has 2 aromatic rings. The summed E-state index contributed by atoms with van der Waals surface area (Å²) in [5.74, 6) is 0.375. The second kappa shape index (κ2) is 6.52. The molecule has 1 heterocycles. The highest BCUT2D eigenvalue weighted by Crippen LogP contribution is 2.11. The van der Waals surface area contributed by atoms with E-state index in [1.165, 1.54) is 5.56 Å². The van der Waals surface area contributed by atoms with Gasteiger partial charge in [-0.1, -0.05) is 13.0 Å². The van der Waals surface area contributed by atoms with E-state index in [0.29, 0.717) is 5.92 Å². The van der Waals surface area contributed by atoms with Gasteiger partial charge in [0.2, 0.25) is 0 Å². The average molecular weight is 247 g/mol. The van der Waals surface area contributed by atoms with Crippen LogP contribution in [-0.4, -0.2) is 34.8 Å². The zero-order valence-electron chi connectivity index (χ0n) is 10.8. The Balaban J connectivity index is 1.79. The second-order valence-corrected chi connectivity index (χ2v) is 4.67. The summed E-state index contributed by atoms with van der Waals surface area (Å²) in [7, 11) is 0. The minimum Gasteiger partial charge on any atom is -0.396 e. The summed E-state index contributed by atoms with van der Waals surface area (Å²) in [4.78, 5) is 7.32. The number of aliphatic hydroxyl groups excluding tert-OH is 1. The standard InChI is InChI=1S/C14H21N3O/c1-2-11(9-18)8-15-6-5-12-3-4-13-14(7-12)17-10-16-13/h3-4,7,10-11,15,18H,2,5-6,8-9H2,1H3,(H,16,17). The highest BCUT2D eigenvalue weighted by atomic mass is 16.3. The molecule has 98 valence electrons. The molecule has 1 atom stereocenters. The fraction of sp³-hybridized carbons (Fsp3) is 0.500. The molecule has 0 radical (unpaired) electrons. The van der Waals surface area contributed by atoms with Crippen LogP contribution in [-0.2, 0) is 6.42 Å². The van der Waals surface area contributed by atoms with E-state index in [2.05, 4.69) is 34.3 Å². The first kappa shape index (κ1) is 13.1. The monoisotopic (exact) mass is 247 g/mol. The summed E-state index contributed by atoms with van der Waals surface area (Å²) in [6.45, 7) is 4.20. The summed E-state index contributed by atoms with van der Waals surface area (Å²) in [6, 6.07) is 6.31. The molecule has 0 aliphatic rings. The molecule has 4 nitrogen and oxygen atoms in total. The van der Waals surface area contributed by atoms with Gasteiger partial charge in [0, 0.05) is 13.2 Å². The lowest BCUT2D eigenvalue weighted by atomic mass is 10.1. The van der Waals surface area contributed by atoms with Crippen LogP contribution in [0.3, 0.4) is 0 Å². The maximum absolute atomic E-state index is 9.09. The predicted octanol–water partition coefficient (Wildman–Crippen LogP) is 1.71. The third-order valence-corrected chi connectivity index (χ3v) is 3.34. The van der Waals surface area contributed by atoms with Crippen LogP contribution in [0.4, 0.5) is 0 Å². The molecule has 0 saturated carbocycles. The minimum atomic E-state index is 0.267. The highest BCUT2D eigenvalue weighted by molar-refractivity contribution is 5.74. The minimum absolute atomic E-state index is 0.267. The first-order valence-corrected chi connectivity index (χ1v) is 6.57. The maximum Gasteiger partial charge on any atom is 0.0931 e. The fourth-order valence-electron chi connectivity index (χ4n) is 2.02. The van der Waals surface area contributed by atoms with Crippen molar-refractivity contribution < 1.29 is 5.11 Å². The smallest absolute Gasteiger partial charge is 0.0931 e. The molecule has 0 fully saturated rings. The number of imidazole rings is 1. The van der Waals surface area contributed by atoms with Gasteiger partial charge in [-0.2, -0.15) is 0 Å². The van der Waals surface area contributed by atoms with Crippen molar-refractivity contribution in [2.24, 2.45) is 5.92 Å². The Kier molecular flexibility index (Phi) is 4.73. The number of fused-ring (bicyclic) bond motifs is 1. The molecule has 0 saturated heterocycles. The molecule has 0 amide bonds. The Morgan fingerprint density at radius 1 is 1.44 bits per heavy atom. The summed E-state index contributed by atoms with van der Waals surface area (Å²) in [6.07, 6.45) is 3.74. The van der Waals surface area contributed by atoms with Crippen LogP contribution in [0.25, 0.3) is 11.0 Å². The molecular weight excluding hydrogens is 226 g/mol. The molecule has 1 aromatic carbocycles. The van der Waals surface area contributed by atoms with Gasteiger partial charge in [-0.15, -0.1) is 0 Å². The Morgan fingerprint density at radius 2 is 2.33 bits per heavy atom. The molecule has 4 heteroatoms. The van der Waals surface area contributed by atoms with E-state index in [4.69, 9.17) is 5.11 Å². The number of rotatable bonds is 7. The molecule has 0 aliphatic carbocycles. The number of aromatic nitrogens is 2. The molecule has 3 N–H and O–H groups in total. The van der Waals surface area contributed by atoms with Crippen molar-refractivity contribution >= 4 is 11.0 Å². The largest absolute Gasteiger partial charge is 0.396 e. The van der Waals surface area contributed by atoms with Crippen molar-refractivity contribution in [3.63, 3.8) is 0 Å². The zero-order valence-corrected chi connectivity index (χ0v) is 10.8. The lowest BCUT2D eigenvalue weighted by molar-refractivity contribution is 0.219. The summed E-state index contributed by atoms with van der Waals surface area (Å²) < 4.78 is 0. The van der Waals surface area contributed by atoms with E-state index < -0.39 is 0 Å². The van der Waals surface area contributed by atoms with Gasteiger partial charge in [-0.25, -0.2) is 4.98 Å². The van der Waals surface area contributed by atoms with Gasteiger partial charge in [0.05, 0.1) is 17.4 Å². The van der Waals surface area contributed by atoms with E-state index in [-0.39, 0.29) is 6.61 Å². The molecule has 0 bridgehead atoms. The summed E-state index contributed by atoms with van der Waals surface area (Å²) in [5.41, 5.74) is 3.41. The number of nitrogens with one attached hydrogen (secondary N) is 2. The van der Waals surface area contributed by atoms with E-state index in [1.807, 2.05) is 6.07 Å². The van der Waals surface area contributed by atoms with E-state index in [9.17, 15) is 0 Å². The number of benzene rings is 1. The van der Waals surface area contributed by atoms with Crippen LogP contribution in [0.2, 0.25) is 0 Å². The van der Waals surface area contributed by atoms with Gasteiger partial charge >= 0.3 is 0 Å². The summed E-state index contributed by atoms with van der Waals surface area (Å²) >= 11 is 0. The number of aromatic amines is 1. The Labute approximate surface area is 107 Å². The van der Waals surface area contributed by atoms with Crippen molar-refractivity contribution in [1.29, 1.82) is 0 Å².